The number of methoxy groups -OCH3 is 1. The smallest absolute Gasteiger partial charge is 0.420 e. The van der Waals surface area contributed by atoms with Gasteiger partial charge in [-0.2, -0.15) is 0 Å². The van der Waals surface area contributed by atoms with Crippen molar-refractivity contribution in [3.63, 3.8) is 0 Å². The molecule has 26 heavy (non-hydrogen) atoms. The molecule has 0 saturated carbocycles. The summed E-state index contributed by atoms with van der Waals surface area (Å²) in [7, 11) is 3.00. The predicted molar refractivity (Wildman–Crippen MR) is 94.6 cm³/mol. The van der Waals surface area contributed by atoms with Crippen LogP contribution in [0.2, 0.25) is 0 Å². The van der Waals surface area contributed by atoms with Crippen LogP contribution in [0.15, 0.2) is 51.7 Å². The number of nitrogens with zero attached hydrogens (tertiary/aromatic N) is 2. The van der Waals surface area contributed by atoms with Crippen molar-refractivity contribution in [3.8, 4) is 5.75 Å². The first-order chi connectivity index (χ1) is 12.4. The van der Waals surface area contributed by atoms with Crippen molar-refractivity contribution in [2.75, 3.05) is 14.2 Å². The van der Waals surface area contributed by atoms with Gasteiger partial charge in [0.1, 0.15) is 6.04 Å². The Hall–Kier alpha value is -3.09. The number of benzene rings is 2. The van der Waals surface area contributed by atoms with Crippen LogP contribution in [0, 0.1) is 5.82 Å². The zero-order valence-electron chi connectivity index (χ0n) is 14.7. The molecule has 0 fully saturated rings. The van der Waals surface area contributed by atoms with E-state index in [0.29, 0.717) is 16.7 Å². The highest BCUT2D eigenvalue weighted by Gasteiger charge is 2.24. The molecule has 1 unspecified atom stereocenters. The van der Waals surface area contributed by atoms with Gasteiger partial charge in [-0.25, -0.2) is 9.18 Å². The topological polar surface area (TPSA) is 64.7 Å². The summed E-state index contributed by atoms with van der Waals surface area (Å²) in [5.41, 5.74) is 1.61. The first kappa shape index (κ1) is 17.7. The van der Waals surface area contributed by atoms with Crippen LogP contribution in [0.5, 0.6) is 5.75 Å². The minimum atomic E-state index is -0.751. The van der Waals surface area contributed by atoms with Gasteiger partial charge in [0, 0.05) is 13.6 Å². The number of hydrogen-bond acceptors (Lipinski definition) is 4. The molecule has 3 aromatic rings. The Morgan fingerprint density at radius 1 is 1.31 bits per heavy atom. The standard InChI is InChI=1S/C19H19FN2O4/c1-12(22-15-6-4-5-7-17(15)26-19(22)24)18(23)21(2)11-13-8-9-16(25-3)14(20)10-13/h4-10,12H,11H2,1-3H3. The number of aromatic nitrogens is 1. The number of carbonyl (C=O) groups is 1. The summed E-state index contributed by atoms with van der Waals surface area (Å²) < 4.78 is 25.2. The van der Waals surface area contributed by atoms with E-state index in [1.807, 2.05) is 0 Å². The van der Waals surface area contributed by atoms with Crippen LogP contribution in [-0.2, 0) is 11.3 Å². The third-order valence-electron chi connectivity index (χ3n) is 4.28. The van der Waals surface area contributed by atoms with E-state index in [1.54, 1.807) is 44.3 Å². The van der Waals surface area contributed by atoms with Gasteiger partial charge in [0.05, 0.1) is 12.6 Å². The van der Waals surface area contributed by atoms with Crippen LogP contribution in [0.1, 0.15) is 18.5 Å². The van der Waals surface area contributed by atoms with E-state index in [-0.39, 0.29) is 18.2 Å². The minimum absolute atomic E-state index is 0.146. The number of carbonyl (C=O) groups excluding carboxylic acids is 1. The lowest BCUT2D eigenvalue weighted by atomic mass is 10.2. The predicted octanol–water partition coefficient (Wildman–Crippen LogP) is 2.96. The Labute approximate surface area is 149 Å². The van der Waals surface area contributed by atoms with Gasteiger partial charge in [-0.15, -0.1) is 0 Å². The molecule has 7 heteroatoms. The molecular formula is C19H19FN2O4. The van der Waals surface area contributed by atoms with Gasteiger partial charge >= 0.3 is 5.76 Å². The molecule has 3 rings (SSSR count). The highest BCUT2D eigenvalue weighted by Crippen LogP contribution is 2.21. The van der Waals surface area contributed by atoms with Crippen LogP contribution in [0.4, 0.5) is 4.39 Å². The minimum Gasteiger partial charge on any atom is -0.494 e. The Kier molecular flexibility index (Phi) is 4.79. The summed E-state index contributed by atoms with van der Waals surface area (Å²) in [6.45, 7) is 1.84. The average Bonchev–Trinajstić information content (AvgIpc) is 2.96. The lowest BCUT2D eigenvalue weighted by Crippen LogP contribution is -2.35. The van der Waals surface area contributed by atoms with Crippen molar-refractivity contribution >= 4 is 17.0 Å². The Balaban J connectivity index is 1.82. The molecule has 0 saturated heterocycles. The number of hydrogen-bond donors (Lipinski definition) is 0. The quantitative estimate of drug-likeness (QED) is 0.703. The summed E-state index contributed by atoms with van der Waals surface area (Å²) in [6.07, 6.45) is 0. The molecule has 0 radical (unpaired) electrons. The Morgan fingerprint density at radius 2 is 2.04 bits per heavy atom. The van der Waals surface area contributed by atoms with Crippen LogP contribution in [-0.4, -0.2) is 29.5 Å². The first-order valence-electron chi connectivity index (χ1n) is 8.10. The van der Waals surface area contributed by atoms with Gasteiger partial charge in [-0.1, -0.05) is 18.2 Å². The van der Waals surface area contributed by atoms with Crippen LogP contribution in [0.25, 0.3) is 11.1 Å². The molecule has 0 N–H and O–H groups in total. The molecular weight excluding hydrogens is 339 g/mol. The number of amides is 1. The van der Waals surface area contributed by atoms with E-state index in [9.17, 15) is 14.0 Å². The summed E-state index contributed by atoms with van der Waals surface area (Å²) >= 11 is 0. The fourth-order valence-electron chi connectivity index (χ4n) is 2.94. The molecule has 1 atom stereocenters. The maximum absolute atomic E-state index is 13.8. The molecule has 0 spiro atoms. The number of oxazole rings is 1. The first-order valence-corrected chi connectivity index (χ1v) is 8.10. The van der Waals surface area contributed by atoms with Crippen molar-refractivity contribution in [3.05, 3.63) is 64.4 Å². The molecule has 1 amide bonds. The molecule has 0 aliphatic heterocycles. The third kappa shape index (κ3) is 3.20. The second-order valence-electron chi connectivity index (χ2n) is 6.04. The maximum Gasteiger partial charge on any atom is 0.420 e. The normalized spacial score (nSPS) is 12.2. The Morgan fingerprint density at radius 3 is 2.73 bits per heavy atom. The number of halogens is 1. The molecule has 0 bridgehead atoms. The van der Waals surface area contributed by atoms with Crippen molar-refractivity contribution in [1.82, 2.24) is 9.47 Å². The third-order valence-corrected chi connectivity index (χ3v) is 4.28. The fourth-order valence-corrected chi connectivity index (χ4v) is 2.94. The number of para-hydroxylation sites is 2. The SMILES string of the molecule is COc1ccc(CN(C)C(=O)C(C)n2c(=O)oc3ccccc32)cc1F. The maximum atomic E-state index is 13.8. The lowest BCUT2D eigenvalue weighted by molar-refractivity contribution is -0.133. The van der Waals surface area contributed by atoms with Gasteiger partial charge in [-0.05, 0) is 36.8 Å². The highest BCUT2D eigenvalue weighted by molar-refractivity contribution is 5.82. The van der Waals surface area contributed by atoms with Gasteiger partial charge in [-0.3, -0.25) is 9.36 Å². The lowest BCUT2D eigenvalue weighted by Gasteiger charge is -2.22. The highest BCUT2D eigenvalue weighted by atomic mass is 19.1. The number of ether oxygens (including phenoxy) is 1. The van der Waals surface area contributed by atoms with Gasteiger partial charge in [0.2, 0.25) is 5.91 Å². The molecule has 6 nitrogen and oxygen atoms in total. The molecule has 1 heterocycles. The van der Waals surface area contributed by atoms with Gasteiger partial charge < -0.3 is 14.1 Å². The molecule has 2 aromatic carbocycles. The fraction of sp³-hybridized carbons (Fsp3) is 0.263. The van der Waals surface area contributed by atoms with Crippen molar-refractivity contribution in [1.29, 1.82) is 0 Å². The number of rotatable bonds is 5. The van der Waals surface area contributed by atoms with E-state index >= 15 is 0 Å². The van der Waals surface area contributed by atoms with Gasteiger partial charge in [0.25, 0.3) is 0 Å². The summed E-state index contributed by atoms with van der Waals surface area (Å²) in [6, 6.07) is 10.7. The summed E-state index contributed by atoms with van der Waals surface area (Å²) in [5, 5.41) is 0. The monoisotopic (exact) mass is 358 g/mol. The van der Waals surface area contributed by atoms with E-state index in [4.69, 9.17) is 9.15 Å². The zero-order chi connectivity index (χ0) is 18.8. The van der Waals surface area contributed by atoms with Crippen LogP contribution < -0.4 is 10.5 Å². The van der Waals surface area contributed by atoms with E-state index < -0.39 is 17.6 Å². The molecule has 1 aromatic heterocycles. The largest absolute Gasteiger partial charge is 0.494 e. The zero-order valence-corrected chi connectivity index (χ0v) is 14.7. The van der Waals surface area contributed by atoms with Crippen LogP contribution in [0.3, 0.4) is 0 Å². The van der Waals surface area contributed by atoms with Gasteiger partial charge in [0.15, 0.2) is 17.1 Å². The number of likely N-dealkylation sites (N-methyl/N-ethyl adjacent to an activating group) is 1. The van der Waals surface area contributed by atoms with E-state index in [2.05, 4.69) is 0 Å². The summed E-state index contributed by atoms with van der Waals surface area (Å²) in [4.78, 5) is 26.3. The number of fused-ring (bicyclic) bond motifs is 1. The van der Waals surface area contributed by atoms with E-state index in [1.165, 1.54) is 28.7 Å². The second-order valence-corrected chi connectivity index (χ2v) is 6.04. The van der Waals surface area contributed by atoms with Crippen LogP contribution >= 0.6 is 0 Å². The van der Waals surface area contributed by atoms with Crippen molar-refractivity contribution in [2.45, 2.75) is 19.5 Å². The average molecular weight is 358 g/mol. The van der Waals surface area contributed by atoms with Crippen molar-refractivity contribution in [2.24, 2.45) is 0 Å². The summed E-state index contributed by atoms with van der Waals surface area (Å²) in [5.74, 6) is -1.21. The van der Waals surface area contributed by atoms with E-state index in [0.717, 1.165) is 0 Å². The molecule has 0 aliphatic rings. The second kappa shape index (κ2) is 7.03. The molecule has 0 aliphatic carbocycles. The van der Waals surface area contributed by atoms with Crippen molar-refractivity contribution < 1.29 is 18.3 Å². The molecule has 136 valence electrons. The Bertz CT molecular complexity index is 1010.